The second-order valence-corrected chi connectivity index (χ2v) is 6.65. The molecule has 0 aliphatic carbocycles. The first-order valence-corrected chi connectivity index (χ1v) is 6.51. The number of sulfone groups is 1. The first-order valence-electron chi connectivity index (χ1n) is 3.46. The maximum Gasteiger partial charge on any atom is 0.237 e. The minimum Gasteiger partial charge on any atom is -0.241 e. The molecule has 14 heavy (non-hydrogen) atoms. The van der Waals surface area contributed by atoms with Gasteiger partial charge in [-0.1, -0.05) is 23.2 Å². The second kappa shape index (κ2) is 3.34. The molecular formula is C7H3Cl2NO2S2. The van der Waals surface area contributed by atoms with Gasteiger partial charge in [-0.15, -0.1) is 11.3 Å². The van der Waals surface area contributed by atoms with Crippen LogP contribution in [0.3, 0.4) is 0 Å². The van der Waals surface area contributed by atoms with Crippen LogP contribution in [0.25, 0.3) is 0 Å². The molecule has 0 saturated heterocycles. The fourth-order valence-electron chi connectivity index (χ4n) is 0.966. The first kappa shape index (κ1) is 10.2. The fourth-order valence-corrected chi connectivity index (χ4v) is 3.52. The number of hydrogen-bond acceptors (Lipinski definition) is 4. The van der Waals surface area contributed by atoms with Gasteiger partial charge in [0.15, 0.2) is 9.41 Å². The van der Waals surface area contributed by atoms with Crippen LogP contribution < -0.4 is 0 Å². The maximum absolute atomic E-state index is 11.5. The molecule has 74 valence electrons. The third-order valence-electron chi connectivity index (χ3n) is 1.58. The summed E-state index contributed by atoms with van der Waals surface area (Å²) in [6.45, 7) is 0. The SMILES string of the molecule is O=S1(=O)C(Cl)=CN=C1c1ccc(Cl)s1. The van der Waals surface area contributed by atoms with Gasteiger partial charge < -0.3 is 0 Å². The molecule has 1 aliphatic heterocycles. The molecule has 7 heteroatoms. The Kier molecular flexibility index (Phi) is 2.43. The van der Waals surface area contributed by atoms with E-state index in [4.69, 9.17) is 23.2 Å². The topological polar surface area (TPSA) is 46.5 Å². The van der Waals surface area contributed by atoms with E-state index in [9.17, 15) is 8.42 Å². The van der Waals surface area contributed by atoms with Gasteiger partial charge >= 0.3 is 0 Å². The van der Waals surface area contributed by atoms with Gasteiger partial charge in [0.2, 0.25) is 9.84 Å². The third kappa shape index (κ3) is 1.50. The van der Waals surface area contributed by atoms with Gasteiger partial charge in [0.1, 0.15) is 0 Å². The van der Waals surface area contributed by atoms with E-state index in [1.165, 1.54) is 0 Å². The van der Waals surface area contributed by atoms with Crippen molar-refractivity contribution in [2.24, 2.45) is 4.99 Å². The smallest absolute Gasteiger partial charge is 0.237 e. The van der Waals surface area contributed by atoms with Crippen LogP contribution in [0.15, 0.2) is 27.7 Å². The average molecular weight is 268 g/mol. The number of thiophene rings is 1. The molecule has 0 fully saturated rings. The summed E-state index contributed by atoms with van der Waals surface area (Å²) in [7, 11) is -3.58. The van der Waals surface area contributed by atoms with Crippen molar-refractivity contribution >= 4 is 49.4 Å². The summed E-state index contributed by atoms with van der Waals surface area (Å²) in [5.41, 5.74) is 0. The second-order valence-electron chi connectivity index (χ2n) is 2.47. The molecule has 0 N–H and O–H groups in total. The summed E-state index contributed by atoms with van der Waals surface area (Å²) in [6, 6.07) is 3.22. The fraction of sp³-hybridized carbons (Fsp3) is 0. The van der Waals surface area contributed by atoms with E-state index in [2.05, 4.69) is 4.99 Å². The summed E-state index contributed by atoms with van der Waals surface area (Å²) in [5.74, 6) is 0. The van der Waals surface area contributed by atoms with Crippen molar-refractivity contribution in [3.05, 3.63) is 31.9 Å². The Morgan fingerprint density at radius 2 is 2.00 bits per heavy atom. The predicted molar refractivity (Wildman–Crippen MR) is 58.7 cm³/mol. The summed E-state index contributed by atoms with van der Waals surface area (Å²) >= 11 is 12.3. The molecule has 0 amide bonds. The highest BCUT2D eigenvalue weighted by Gasteiger charge is 2.30. The van der Waals surface area contributed by atoms with E-state index in [0.29, 0.717) is 9.21 Å². The Morgan fingerprint density at radius 1 is 1.29 bits per heavy atom. The zero-order chi connectivity index (χ0) is 10.3. The molecule has 0 spiro atoms. The van der Waals surface area contributed by atoms with Gasteiger partial charge in [-0.2, -0.15) is 0 Å². The van der Waals surface area contributed by atoms with Crippen LogP contribution in [-0.4, -0.2) is 13.5 Å². The van der Waals surface area contributed by atoms with Crippen LogP contribution in [0.1, 0.15) is 4.88 Å². The van der Waals surface area contributed by atoms with Gasteiger partial charge in [-0.05, 0) is 12.1 Å². The van der Waals surface area contributed by atoms with E-state index < -0.39 is 9.84 Å². The molecule has 0 bridgehead atoms. The molecule has 2 rings (SSSR count). The van der Waals surface area contributed by atoms with Gasteiger partial charge in [0.05, 0.1) is 15.4 Å². The van der Waals surface area contributed by atoms with Gasteiger partial charge in [0, 0.05) is 0 Å². The van der Waals surface area contributed by atoms with Gasteiger partial charge in [-0.25, -0.2) is 13.4 Å². The molecule has 1 aromatic heterocycles. The summed E-state index contributed by atoms with van der Waals surface area (Å²) < 4.78 is 23.3. The zero-order valence-corrected chi connectivity index (χ0v) is 9.71. The molecule has 0 aromatic carbocycles. The van der Waals surface area contributed by atoms with Crippen molar-refractivity contribution in [2.45, 2.75) is 0 Å². The lowest BCUT2D eigenvalue weighted by atomic mass is 10.5. The Labute approximate surface area is 94.6 Å². The number of aliphatic imine (C=N–C) groups is 1. The maximum atomic E-state index is 11.5. The Hall–Kier alpha value is -0.360. The van der Waals surface area contributed by atoms with E-state index in [0.717, 1.165) is 17.5 Å². The highest BCUT2D eigenvalue weighted by atomic mass is 35.5. The van der Waals surface area contributed by atoms with Crippen molar-refractivity contribution < 1.29 is 8.42 Å². The van der Waals surface area contributed by atoms with Crippen LogP contribution in [0, 0.1) is 0 Å². The van der Waals surface area contributed by atoms with E-state index >= 15 is 0 Å². The molecule has 0 radical (unpaired) electrons. The lowest BCUT2D eigenvalue weighted by molar-refractivity contribution is 0.615. The largest absolute Gasteiger partial charge is 0.241 e. The molecule has 0 atom stereocenters. The van der Waals surface area contributed by atoms with Crippen molar-refractivity contribution in [1.29, 1.82) is 0 Å². The quantitative estimate of drug-likeness (QED) is 0.786. The minimum atomic E-state index is -3.58. The third-order valence-corrected chi connectivity index (χ3v) is 5.11. The predicted octanol–water partition coefficient (Wildman–Crippen LogP) is 2.61. The molecule has 1 aliphatic rings. The Morgan fingerprint density at radius 3 is 2.43 bits per heavy atom. The molecule has 0 saturated carbocycles. The minimum absolute atomic E-state index is 0.0283. The number of halogens is 2. The van der Waals surface area contributed by atoms with E-state index in [1.807, 2.05) is 0 Å². The van der Waals surface area contributed by atoms with Crippen molar-refractivity contribution in [3.8, 4) is 0 Å². The Balaban J connectivity index is 2.51. The monoisotopic (exact) mass is 267 g/mol. The van der Waals surface area contributed by atoms with Gasteiger partial charge in [-0.3, -0.25) is 0 Å². The van der Waals surface area contributed by atoms with E-state index in [-0.39, 0.29) is 9.41 Å². The molecular weight excluding hydrogens is 265 g/mol. The van der Waals surface area contributed by atoms with Crippen LogP contribution in [0.4, 0.5) is 0 Å². The first-order chi connectivity index (χ1) is 6.51. The molecule has 0 unspecified atom stereocenters. The average Bonchev–Trinajstić information content (AvgIpc) is 2.60. The van der Waals surface area contributed by atoms with Crippen molar-refractivity contribution in [3.63, 3.8) is 0 Å². The number of hydrogen-bond donors (Lipinski definition) is 0. The van der Waals surface area contributed by atoms with Gasteiger partial charge in [0.25, 0.3) is 0 Å². The van der Waals surface area contributed by atoms with Crippen LogP contribution in [0.5, 0.6) is 0 Å². The normalized spacial score (nSPS) is 19.3. The van der Waals surface area contributed by atoms with Crippen molar-refractivity contribution in [1.82, 2.24) is 0 Å². The lowest BCUT2D eigenvalue weighted by Crippen LogP contribution is -2.10. The number of nitrogens with zero attached hydrogens (tertiary/aromatic N) is 1. The van der Waals surface area contributed by atoms with E-state index in [1.54, 1.807) is 12.1 Å². The summed E-state index contributed by atoms with van der Waals surface area (Å²) in [4.78, 5) is 4.24. The number of rotatable bonds is 1. The summed E-state index contributed by atoms with van der Waals surface area (Å²) in [6.07, 6.45) is 1.12. The highest BCUT2D eigenvalue weighted by molar-refractivity contribution is 8.12. The standard InChI is InChI=1S/C7H3Cl2NO2S2/c8-5-2-1-4(13-5)7-10-3-6(9)14(7,11)12/h1-3H. The van der Waals surface area contributed by atoms with Crippen LogP contribution in [-0.2, 0) is 9.84 Å². The summed E-state index contributed by atoms with van der Waals surface area (Å²) in [5, 5.41) is -0.0283. The Bertz CT molecular complexity index is 542. The van der Waals surface area contributed by atoms with Crippen molar-refractivity contribution in [2.75, 3.05) is 0 Å². The zero-order valence-electron chi connectivity index (χ0n) is 6.57. The van der Waals surface area contributed by atoms with Crippen LogP contribution >= 0.6 is 34.5 Å². The molecule has 1 aromatic rings. The van der Waals surface area contributed by atoms with Crippen LogP contribution in [0.2, 0.25) is 4.34 Å². The lowest BCUT2D eigenvalue weighted by Gasteiger charge is -1.96. The molecule has 3 nitrogen and oxygen atoms in total. The highest BCUT2D eigenvalue weighted by Crippen LogP contribution is 2.30. The molecule has 2 heterocycles.